The number of nitrogens with zero attached hydrogens (tertiary/aromatic N) is 3. The summed E-state index contributed by atoms with van der Waals surface area (Å²) >= 11 is 0. The highest BCUT2D eigenvalue weighted by Gasteiger charge is 2.30. The number of piperazine rings is 1. The summed E-state index contributed by atoms with van der Waals surface area (Å²) in [6, 6.07) is 9.63. The molecule has 0 bridgehead atoms. The van der Waals surface area contributed by atoms with Crippen molar-refractivity contribution in [1.82, 2.24) is 9.80 Å². The molecule has 8 heteroatoms. The van der Waals surface area contributed by atoms with Crippen LogP contribution in [0.1, 0.15) is 49.7 Å². The maximum atomic E-state index is 13.2. The Morgan fingerprint density at radius 2 is 1.75 bits per heavy atom. The predicted octanol–water partition coefficient (Wildman–Crippen LogP) is 2.29. The smallest absolute Gasteiger partial charge is 0.254 e. The molecule has 5 rings (SSSR count). The fourth-order valence-corrected chi connectivity index (χ4v) is 5.84. The number of rotatable bonds is 5. The Balaban J connectivity index is 1.49. The number of amides is 2. The first-order chi connectivity index (χ1) is 17.5. The number of benzene rings is 2. The number of carbonyl (C=O) groups is 2. The van der Waals surface area contributed by atoms with Crippen molar-refractivity contribution in [2.75, 3.05) is 71.5 Å². The topological polar surface area (TPSA) is 88.3 Å². The van der Waals surface area contributed by atoms with E-state index in [1.807, 2.05) is 11.0 Å². The van der Waals surface area contributed by atoms with Gasteiger partial charge in [0.05, 0.1) is 20.3 Å². The van der Waals surface area contributed by atoms with E-state index in [1.165, 1.54) is 16.8 Å². The summed E-state index contributed by atoms with van der Waals surface area (Å²) in [5.74, 6) is 0.543. The molecule has 192 valence electrons. The second-order valence-corrected chi connectivity index (χ2v) is 10.0. The summed E-state index contributed by atoms with van der Waals surface area (Å²) < 4.78 is 11.1. The Morgan fingerprint density at radius 1 is 1.00 bits per heavy atom. The van der Waals surface area contributed by atoms with Crippen LogP contribution in [0.5, 0.6) is 5.75 Å². The first-order valence-corrected chi connectivity index (χ1v) is 12.9. The number of anilines is 1. The van der Waals surface area contributed by atoms with Crippen LogP contribution >= 0.6 is 0 Å². The molecular weight excluding hydrogens is 456 g/mol. The lowest BCUT2D eigenvalue weighted by Gasteiger charge is -2.38. The minimum atomic E-state index is -0.453. The molecule has 0 radical (unpaired) electrons. The summed E-state index contributed by atoms with van der Waals surface area (Å²) in [6.07, 6.45) is 2.50. The minimum Gasteiger partial charge on any atom is -0.496 e. The number of fused-ring (bicyclic) bond motifs is 1. The second kappa shape index (κ2) is 10.5. The van der Waals surface area contributed by atoms with Crippen LogP contribution < -0.4 is 15.4 Å². The number of methoxy groups -OCH3 is 1. The number of primary amides is 1. The molecule has 2 N–H and O–H groups in total. The van der Waals surface area contributed by atoms with Crippen LogP contribution in [-0.2, 0) is 17.6 Å². The van der Waals surface area contributed by atoms with Gasteiger partial charge in [-0.25, -0.2) is 0 Å². The zero-order chi connectivity index (χ0) is 25.2. The molecule has 2 fully saturated rings. The first kappa shape index (κ1) is 24.6. The summed E-state index contributed by atoms with van der Waals surface area (Å²) in [6.45, 7) is 6.28. The molecule has 2 aromatic carbocycles. The highest BCUT2D eigenvalue weighted by Crippen LogP contribution is 2.42. The van der Waals surface area contributed by atoms with Crippen molar-refractivity contribution in [2.24, 2.45) is 5.73 Å². The fraction of sp³-hybridized carbons (Fsp3) is 0.500. The Bertz CT molecular complexity index is 1140. The van der Waals surface area contributed by atoms with Crippen LogP contribution in [0.15, 0.2) is 30.3 Å². The molecule has 8 nitrogen and oxygen atoms in total. The summed E-state index contributed by atoms with van der Waals surface area (Å²) in [5.41, 5.74) is 11.6. The Hall–Kier alpha value is -3.10. The van der Waals surface area contributed by atoms with E-state index < -0.39 is 5.91 Å². The lowest BCUT2D eigenvalue weighted by atomic mass is 9.77. The van der Waals surface area contributed by atoms with Gasteiger partial charge in [-0.15, -0.1) is 0 Å². The van der Waals surface area contributed by atoms with Gasteiger partial charge >= 0.3 is 0 Å². The maximum absolute atomic E-state index is 13.2. The largest absolute Gasteiger partial charge is 0.496 e. The van der Waals surface area contributed by atoms with Gasteiger partial charge in [-0.05, 0) is 79.3 Å². The number of hydrogen-bond acceptors (Lipinski definition) is 6. The van der Waals surface area contributed by atoms with E-state index in [4.69, 9.17) is 15.2 Å². The summed E-state index contributed by atoms with van der Waals surface area (Å²) in [5, 5.41) is 0. The average Bonchev–Trinajstić information content (AvgIpc) is 2.92. The summed E-state index contributed by atoms with van der Waals surface area (Å²) in [4.78, 5) is 32.3. The van der Waals surface area contributed by atoms with E-state index in [0.29, 0.717) is 37.4 Å². The highest BCUT2D eigenvalue weighted by atomic mass is 16.5. The lowest BCUT2D eigenvalue weighted by Crippen LogP contribution is -2.45. The normalized spacial score (nSPS) is 20.7. The van der Waals surface area contributed by atoms with Crippen molar-refractivity contribution in [3.63, 3.8) is 0 Å². The third-order valence-corrected chi connectivity index (χ3v) is 7.92. The summed E-state index contributed by atoms with van der Waals surface area (Å²) in [7, 11) is 3.89. The quantitative estimate of drug-likeness (QED) is 0.689. The molecule has 1 atom stereocenters. The SMILES string of the molecule is COc1ccc(N2CCN(C)CC2)c2c1CCC(c1cc(C(=O)N3CCOCC3)ccc1C(N)=O)C2. The van der Waals surface area contributed by atoms with Crippen molar-refractivity contribution in [2.45, 2.75) is 25.2 Å². The predicted molar refractivity (Wildman–Crippen MR) is 139 cm³/mol. The fourth-order valence-electron chi connectivity index (χ4n) is 5.84. The van der Waals surface area contributed by atoms with Crippen LogP contribution in [-0.4, -0.2) is 88.3 Å². The zero-order valence-corrected chi connectivity index (χ0v) is 21.3. The molecule has 36 heavy (non-hydrogen) atoms. The lowest BCUT2D eigenvalue weighted by molar-refractivity contribution is 0.0302. The standard InChI is InChI=1S/C28H36N4O4/c1-30-9-11-31(12-10-30)25-7-8-26(35-2)21-5-3-19(17-24(21)25)23-18-20(4-6-22(23)27(29)33)28(34)32-13-15-36-16-14-32/h4,6-8,18-19H,3,5,9-17H2,1-2H3,(H2,29,33). The number of hydrogen-bond donors (Lipinski definition) is 1. The molecule has 0 saturated carbocycles. The van der Waals surface area contributed by atoms with Gasteiger partial charge in [0.2, 0.25) is 5.91 Å². The molecule has 0 aromatic heterocycles. The zero-order valence-electron chi connectivity index (χ0n) is 21.3. The number of morpholine rings is 1. The van der Waals surface area contributed by atoms with E-state index in [-0.39, 0.29) is 11.8 Å². The first-order valence-electron chi connectivity index (χ1n) is 12.9. The van der Waals surface area contributed by atoms with Crippen molar-refractivity contribution in [3.8, 4) is 5.75 Å². The van der Waals surface area contributed by atoms with E-state index in [0.717, 1.165) is 56.8 Å². The molecule has 2 saturated heterocycles. The molecule has 0 spiro atoms. The third-order valence-electron chi connectivity index (χ3n) is 7.92. The maximum Gasteiger partial charge on any atom is 0.254 e. The monoisotopic (exact) mass is 492 g/mol. The van der Waals surface area contributed by atoms with Gasteiger partial charge in [-0.3, -0.25) is 9.59 Å². The number of likely N-dealkylation sites (N-methyl/N-ethyl adjacent to an activating group) is 1. The van der Waals surface area contributed by atoms with Gasteiger partial charge in [0, 0.05) is 56.1 Å². The Kier molecular flexibility index (Phi) is 7.16. The van der Waals surface area contributed by atoms with Crippen molar-refractivity contribution >= 4 is 17.5 Å². The van der Waals surface area contributed by atoms with Gasteiger partial charge in [-0.1, -0.05) is 0 Å². The van der Waals surface area contributed by atoms with Crippen LogP contribution in [0.3, 0.4) is 0 Å². The molecule has 2 amide bonds. The van der Waals surface area contributed by atoms with Crippen molar-refractivity contribution in [3.05, 3.63) is 58.1 Å². The molecule has 2 aromatic rings. The molecule has 2 heterocycles. The van der Waals surface area contributed by atoms with E-state index >= 15 is 0 Å². The van der Waals surface area contributed by atoms with Crippen LogP contribution in [0.4, 0.5) is 5.69 Å². The number of carbonyl (C=O) groups excluding carboxylic acids is 2. The molecule has 1 unspecified atom stereocenters. The second-order valence-electron chi connectivity index (χ2n) is 10.0. The van der Waals surface area contributed by atoms with E-state index in [1.54, 1.807) is 19.2 Å². The average molecular weight is 493 g/mol. The van der Waals surface area contributed by atoms with Crippen molar-refractivity contribution in [1.29, 1.82) is 0 Å². The van der Waals surface area contributed by atoms with Crippen LogP contribution in [0.2, 0.25) is 0 Å². The highest BCUT2D eigenvalue weighted by molar-refractivity contribution is 5.98. The number of nitrogens with two attached hydrogens (primary N) is 1. The van der Waals surface area contributed by atoms with Gasteiger partial charge in [0.25, 0.3) is 5.91 Å². The third kappa shape index (κ3) is 4.80. The van der Waals surface area contributed by atoms with Gasteiger partial charge in [0.15, 0.2) is 0 Å². The minimum absolute atomic E-state index is 0.0217. The molecule has 3 aliphatic rings. The van der Waals surface area contributed by atoms with Crippen molar-refractivity contribution < 1.29 is 19.1 Å². The van der Waals surface area contributed by atoms with Gasteiger partial charge < -0.3 is 29.9 Å². The Labute approximate surface area is 212 Å². The van der Waals surface area contributed by atoms with Gasteiger partial charge in [-0.2, -0.15) is 0 Å². The van der Waals surface area contributed by atoms with Gasteiger partial charge in [0.1, 0.15) is 5.75 Å². The Morgan fingerprint density at radius 3 is 2.44 bits per heavy atom. The molecular formula is C28H36N4O4. The molecule has 1 aliphatic carbocycles. The van der Waals surface area contributed by atoms with E-state index in [2.05, 4.69) is 29.0 Å². The molecule has 2 aliphatic heterocycles. The van der Waals surface area contributed by atoms with E-state index in [9.17, 15) is 9.59 Å². The number of ether oxygens (including phenoxy) is 2. The van der Waals surface area contributed by atoms with Crippen LogP contribution in [0, 0.1) is 0 Å². The van der Waals surface area contributed by atoms with Crippen LogP contribution in [0.25, 0.3) is 0 Å².